The van der Waals surface area contributed by atoms with Gasteiger partial charge < -0.3 is 4.74 Å². The molecule has 26 heavy (non-hydrogen) atoms. The number of hydrogen-bond donors (Lipinski definition) is 0. The summed E-state index contributed by atoms with van der Waals surface area (Å²) in [6.07, 6.45) is -1.06. The fourth-order valence-corrected chi connectivity index (χ4v) is 2.60. The van der Waals surface area contributed by atoms with Crippen LogP contribution < -0.4 is 0 Å². The summed E-state index contributed by atoms with van der Waals surface area (Å²) in [5.74, 6) is -1.21. The zero-order valence-corrected chi connectivity index (χ0v) is 14.0. The molecule has 0 bridgehead atoms. The summed E-state index contributed by atoms with van der Waals surface area (Å²) >= 11 is 0. The van der Waals surface area contributed by atoms with Gasteiger partial charge in [-0.2, -0.15) is 0 Å². The molecule has 130 valence electrons. The van der Waals surface area contributed by atoms with Crippen molar-refractivity contribution in [1.29, 1.82) is 0 Å². The first-order valence-corrected chi connectivity index (χ1v) is 8.21. The number of esters is 1. The highest BCUT2D eigenvalue weighted by atomic mass is 19.1. The molecular formula is C22H17FO3. The summed E-state index contributed by atoms with van der Waals surface area (Å²) < 4.78 is 18.5. The standard InChI is InChI=1S/C22H17FO3/c23-19-13-11-16(12-14-19)15-20(24)26-22(18-9-5-2-6-10-18)21(25)17-7-3-1-4-8-17/h1-14,22H,15H2/t22-/m1/s1. The lowest BCUT2D eigenvalue weighted by atomic mass is 10.00. The van der Waals surface area contributed by atoms with E-state index in [0.29, 0.717) is 16.7 Å². The van der Waals surface area contributed by atoms with Crippen molar-refractivity contribution in [3.8, 4) is 0 Å². The second-order valence-electron chi connectivity index (χ2n) is 5.81. The Bertz CT molecular complexity index is 874. The first kappa shape index (κ1) is 17.5. The average molecular weight is 348 g/mol. The van der Waals surface area contributed by atoms with Gasteiger partial charge in [0.2, 0.25) is 5.78 Å². The van der Waals surface area contributed by atoms with Gasteiger partial charge in [0.05, 0.1) is 6.42 Å². The SMILES string of the molecule is O=C(Cc1ccc(F)cc1)O[C@@H](C(=O)c1ccccc1)c1ccccc1. The molecular weight excluding hydrogens is 331 g/mol. The molecule has 0 saturated heterocycles. The van der Waals surface area contributed by atoms with Crippen molar-refractivity contribution in [1.82, 2.24) is 0 Å². The fourth-order valence-electron chi connectivity index (χ4n) is 2.60. The minimum Gasteiger partial charge on any atom is -0.449 e. The molecule has 3 rings (SSSR count). The Morgan fingerprint density at radius 3 is 2.00 bits per heavy atom. The van der Waals surface area contributed by atoms with Crippen molar-refractivity contribution < 1.29 is 18.7 Å². The summed E-state index contributed by atoms with van der Waals surface area (Å²) in [7, 11) is 0. The Balaban J connectivity index is 1.80. The van der Waals surface area contributed by atoms with E-state index in [2.05, 4.69) is 0 Å². The second-order valence-corrected chi connectivity index (χ2v) is 5.81. The zero-order chi connectivity index (χ0) is 18.4. The van der Waals surface area contributed by atoms with Gasteiger partial charge >= 0.3 is 5.97 Å². The Morgan fingerprint density at radius 2 is 1.38 bits per heavy atom. The van der Waals surface area contributed by atoms with Gasteiger partial charge in [-0.1, -0.05) is 72.8 Å². The van der Waals surface area contributed by atoms with Crippen LogP contribution in [0.1, 0.15) is 27.6 Å². The van der Waals surface area contributed by atoms with Crippen LogP contribution in [0.4, 0.5) is 4.39 Å². The van der Waals surface area contributed by atoms with Crippen LogP contribution in [-0.4, -0.2) is 11.8 Å². The minimum absolute atomic E-state index is 0.0360. The Kier molecular flexibility index (Phi) is 5.54. The van der Waals surface area contributed by atoms with E-state index in [4.69, 9.17) is 4.74 Å². The average Bonchev–Trinajstić information content (AvgIpc) is 2.69. The molecule has 0 aliphatic carbocycles. The monoisotopic (exact) mass is 348 g/mol. The largest absolute Gasteiger partial charge is 0.449 e. The van der Waals surface area contributed by atoms with Crippen LogP contribution in [0.5, 0.6) is 0 Å². The van der Waals surface area contributed by atoms with Crippen molar-refractivity contribution in [2.45, 2.75) is 12.5 Å². The predicted octanol–water partition coefficient (Wildman–Crippen LogP) is 4.54. The third-order valence-electron chi connectivity index (χ3n) is 3.91. The number of hydrogen-bond acceptors (Lipinski definition) is 3. The van der Waals surface area contributed by atoms with E-state index < -0.39 is 12.1 Å². The number of rotatable bonds is 6. The van der Waals surface area contributed by atoms with Gasteiger partial charge in [0.15, 0.2) is 6.10 Å². The van der Waals surface area contributed by atoms with Crippen LogP contribution in [-0.2, 0) is 16.0 Å². The van der Waals surface area contributed by atoms with E-state index in [9.17, 15) is 14.0 Å². The normalized spacial score (nSPS) is 11.6. The first-order chi connectivity index (χ1) is 12.6. The molecule has 0 spiro atoms. The van der Waals surface area contributed by atoms with Gasteiger partial charge in [0.25, 0.3) is 0 Å². The lowest BCUT2D eigenvalue weighted by molar-refractivity contribution is -0.146. The quantitative estimate of drug-likeness (QED) is 0.485. The van der Waals surface area contributed by atoms with E-state index in [-0.39, 0.29) is 18.0 Å². The van der Waals surface area contributed by atoms with Gasteiger partial charge in [0.1, 0.15) is 5.82 Å². The molecule has 0 N–H and O–H groups in total. The van der Waals surface area contributed by atoms with Crippen molar-refractivity contribution >= 4 is 11.8 Å². The minimum atomic E-state index is -1.02. The number of carbonyl (C=O) groups excluding carboxylic acids is 2. The number of ketones is 1. The molecule has 0 amide bonds. The molecule has 1 atom stereocenters. The maximum atomic E-state index is 13.0. The Morgan fingerprint density at radius 1 is 0.808 bits per heavy atom. The molecule has 0 saturated carbocycles. The third-order valence-corrected chi connectivity index (χ3v) is 3.91. The zero-order valence-electron chi connectivity index (χ0n) is 14.0. The topological polar surface area (TPSA) is 43.4 Å². The summed E-state index contributed by atoms with van der Waals surface area (Å²) in [6, 6.07) is 23.2. The summed E-state index contributed by atoms with van der Waals surface area (Å²) in [5.41, 5.74) is 1.69. The van der Waals surface area contributed by atoms with E-state index in [0.717, 1.165) is 0 Å². The third kappa shape index (κ3) is 4.42. The van der Waals surface area contributed by atoms with Crippen LogP contribution in [0, 0.1) is 5.82 Å². The highest BCUT2D eigenvalue weighted by Crippen LogP contribution is 2.23. The molecule has 0 aliphatic rings. The molecule has 0 radical (unpaired) electrons. The molecule has 4 heteroatoms. The van der Waals surface area contributed by atoms with Gasteiger partial charge in [-0.25, -0.2) is 4.39 Å². The molecule has 3 aromatic rings. The number of benzene rings is 3. The predicted molar refractivity (Wildman–Crippen MR) is 96.2 cm³/mol. The number of ether oxygens (including phenoxy) is 1. The lowest BCUT2D eigenvalue weighted by Crippen LogP contribution is -2.21. The van der Waals surface area contributed by atoms with Crippen LogP contribution in [0.25, 0.3) is 0 Å². The summed E-state index contributed by atoms with van der Waals surface area (Å²) in [5, 5.41) is 0. The van der Waals surface area contributed by atoms with E-state index >= 15 is 0 Å². The van der Waals surface area contributed by atoms with E-state index in [1.807, 2.05) is 12.1 Å². The molecule has 0 heterocycles. The molecule has 0 unspecified atom stereocenters. The van der Waals surface area contributed by atoms with Crippen molar-refractivity contribution in [3.63, 3.8) is 0 Å². The summed E-state index contributed by atoms with van der Waals surface area (Å²) in [4.78, 5) is 25.2. The number of Topliss-reactive ketones (excluding diaryl/α,β-unsaturated/α-hetero) is 1. The van der Waals surface area contributed by atoms with Crippen molar-refractivity contribution in [2.75, 3.05) is 0 Å². The van der Waals surface area contributed by atoms with Crippen LogP contribution in [0.2, 0.25) is 0 Å². The molecule has 0 fully saturated rings. The molecule has 3 nitrogen and oxygen atoms in total. The van der Waals surface area contributed by atoms with E-state index in [1.54, 1.807) is 48.5 Å². The highest BCUT2D eigenvalue weighted by Gasteiger charge is 2.26. The Hall–Kier alpha value is -3.27. The molecule has 0 aliphatic heterocycles. The summed E-state index contributed by atoms with van der Waals surface area (Å²) in [6.45, 7) is 0. The molecule has 0 aromatic heterocycles. The maximum Gasteiger partial charge on any atom is 0.311 e. The number of carbonyl (C=O) groups is 2. The maximum absolute atomic E-state index is 13.0. The molecule has 3 aromatic carbocycles. The lowest BCUT2D eigenvalue weighted by Gasteiger charge is -2.17. The van der Waals surface area contributed by atoms with Gasteiger partial charge in [-0.15, -0.1) is 0 Å². The Labute approximate surface area is 151 Å². The fraction of sp³-hybridized carbons (Fsp3) is 0.0909. The van der Waals surface area contributed by atoms with Crippen molar-refractivity contribution in [3.05, 3.63) is 107 Å². The van der Waals surface area contributed by atoms with Crippen LogP contribution in [0.15, 0.2) is 84.9 Å². The smallest absolute Gasteiger partial charge is 0.311 e. The van der Waals surface area contributed by atoms with Crippen LogP contribution in [0.3, 0.4) is 0 Å². The van der Waals surface area contributed by atoms with Crippen molar-refractivity contribution in [2.24, 2.45) is 0 Å². The second kappa shape index (κ2) is 8.21. The number of halogens is 1. The van der Waals surface area contributed by atoms with Gasteiger partial charge in [-0.3, -0.25) is 9.59 Å². The van der Waals surface area contributed by atoms with Gasteiger partial charge in [-0.05, 0) is 17.7 Å². The first-order valence-electron chi connectivity index (χ1n) is 8.21. The van der Waals surface area contributed by atoms with Gasteiger partial charge in [0, 0.05) is 11.1 Å². The highest BCUT2D eigenvalue weighted by molar-refractivity contribution is 6.01. The van der Waals surface area contributed by atoms with E-state index in [1.165, 1.54) is 24.3 Å². The van der Waals surface area contributed by atoms with Crippen LogP contribution >= 0.6 is 0 Å².